The molecule has 1 saturated heterocycles. The van der Waals surface area contributed by atoms with Crippen LogP contribution >= 0.6 is 0 Å². The van der Waals surface area contributed by atoms with Gasteiger partial charge in [-0.1, -0.05) is 74.3 Å². The number of carbonyl (C=O) groups excluding carboxylic acids is 3. The van der Waals surface area contributed by atoms with Crippen molar-refractivity contribution in [2.45, 2.75) is 75.6 Å². The summed E-state index contributed by atoms with van der Waals surface area (Å²) in [5.41, 5.74) is 2.54. The van der Waals surface area contributed by atoms with Crippen molar-refractivity contribution in [3.8, 4) is 0 Å². The second-order valence-electron chi connectivity index (χ2n) is 14.7. The van der Waals surface area contributed by atoms with Crippen molar-refractivity contribution < 1.29 is 33.1 Å². The molecule has 0 bridgehead atoms. The molecule has 2 aromatic heterocycles. The predicted molar refractivity (Wildman–Crippen MR) is 204 cm³/mol. The van der Waals surface area contributed by atoms with Crippen molar-refractivity contribution in [3.05, 3.63) is 89.9 Å². The Morgan fingerprint density at radius 1 is 1.05 bits per heavy atom. The molecule has 0 spiro atoms. The molecule has 4 aromatic rings. The summed E-state index contributed by atoms with van der Waals surface area (Å²) in [6.07, 6.45) is 5.35. The van der Waals surface area contributed by atoms with Crippen LogP contribution in [0.25, 0.3) is 11.2 Å². The van der Waals surface area contributed by atoms with Crippen molar-refractivity contribution in [2.24, 2.45) is 24.0 Å². The Hall–Kier alpha value is -5.19. The number of hydrogen-bond donors (Lipinski definition) is 3. The molecule has 15 nitrogen and oxygen atoms in total. The third kappa shape index (κ3) is 8.87. The molecule has 3 heterocycles. The van der Waals surface area contributed by atoms with E-state index in [4.69, 9.17) is 5.21 Å². The second kappa shape index (κ2) is 17.1. The highest BCUT2D eigenvalue weighted by Gasteiger charge is 2.45. The number of aromatic nitrogens is 3. The molecule has 16 heteroatoms. The molecule has 3 N–H and O–H groups in total. The zero-order valence-electron chi connectivity index (χ0n) is 31.2. The van der Waals surface area contributed by atoms with E-state index in [9.17, 15) is 27.9 Å². The van der Waals surface area contributed by atoms with Gasteiger partial charge in [0.05, 0.1) is 29.8 Å². The largest absolute Gasteiger partial charge is 0.411 e. The number of rotatable bonds is 16. The zero-order valence-corrected chi connectivity index (χ0v) is 32.0. The minimum absolute atomic E-state index is 0.0213. The maximum Gasteiger partial charge on any atom is 0.328 e. The van der Waals surface area contributed by atoms with Crippen molar-refractivity contribution in [1.29, 1.82) is 0 Å². The summed E-state index contributed by atoms with van der Waals surface area (Å²) in [6.45, 7) is 3.02. The fourth-order valence-corrected chi connectivity index (χ4v) is 9.07. The van der Waals surface area contributed by atoms with E-state index in [0.29, 0.717) is 22.6 Å². The molecule has 1 aliphatic carbocycles. The fraction of sp³-hybridized carbons (Fsp3) is 0.436. The number of imidazole rings is 1. The van der Waals surface area contributed by atoms with Crippen molar-refractivity contribution in [2.75, 3.05) is 19.6 Å². The number of nitrogens with one attached hydrogen (secondary N) is 1. The number of sulfonamides is 1. The smallest absolute Gasteiger partial charge is 0.328 e. The molecule has 2 fully saturated rings. The molecule has 0 radical (unpaired) electrons. The summed E-state index contributed by atoms with van der Waals surface area (Å²) in [5.74, 6) is -0.910. The maximum absolute atomic E-state index is 14.3. The number of fused-ring (bicyclic) bond motifs is 1. The third-order valence-corrected chi connectivity index (χ3v) is 12.3. The van der Waals surface area contributed by atoms with Gasteiger partial charge in [0.1, 0.15) is 23.9 Å². The van der Waals surface area contributed by atoms with Crippen molar-refractivity contribution in [3.63, 3.8) is 0 Å². The van der Waals surface area contributed by atoms with Gasteiger partial charge in [-0.15, -0.1) is 0 Å². The molecule has 2 aliphatic rings. The van der Waals surface area contributed by atoms with Gasteiger partial charge >= 0.3 is 6.03 Å². The predicted octanol–water partition coefficient (Wildman–Crippen LogP) is 3.53. The molecule has 2 aromatic carbocycles. The van der Waals surface area contributed by atoms with Crippen LogP contribution < -0.4 is 5.32 Å². The van der Waals surface area contributed by atoms with Gasteiger partial charge in [0, 0.05) is 26.3 Å². The van der Waals surface area contributed by atoms with Crippen molar-refractivity contribution >= 4 is 45.2 Å². The summed E-state index contributed by atoms with van der Waals surface area (Å²) in [4.78, 5) is 52.7. The van der Waals surface area contributed by atoms with E-state index < -0.39 is 52.0 Å². The lowest BCUT2D eigenvalue weighted by molar-refractivity contribution is -0.129. The lowest BCUT2D eigenvalue weighted by atomic mass is 9.97. The zero-order chi connectivity index (χ0) is 39.3. The highest BCUT2D eigenvalue weighted by molar-refractivity contribution is 7.89. The SMILES string of the molecule is CC(C)C(C(=O)N[C@@H](Cc1ccccc1)[C@H](O)CN(CC1CCCC1)S(=O)(=O)c1ccc(/C=N/O)cc1)N1CC(=O)N(Cc2nc3cccnc3n2C)C1=O. The molecule has 1 saturated carbocycles. The summed E-state index contributed by atoms with van der Waals surface area (Å²) >= 11 is 0. The van der Waals surface area contributed by atoms with E-state index in [1.807, 2.05) is 30.3 Å². The minimum Gasteiger partial charge on any atom is -0.411 e. The average Bonchev–Trinajstić information content (AvgIpc) is 3.87. The van der Waals surface area contributed by atoms with E-state index in [2.05, 4.69) is 20.4 Å². The first-order chi connectivity index (χ1) is 26.4. The standard InChI is InChI=1S/C39H48N8O7S/c1-26(2)36(47-25-35(49)46(39(47)51)24-34-42-31-14-9-19-40-37(31)44(34)3)38(50)43-32(20-27-10-5-4-6-11-27)33(48)23-45(22-29-12-7-8-13-29)55(53,54)30-17-15-28(16-18-30)21-41-52/h4-6,9-11,14-19,21,26,29,32-33,36,48,52H,7-8,12-13,20,22-25H2,1-3H3,(H,43,50)/b41-21+/t32-,33+,36?/m0/s1. The first kappa shape index (κ1) is 39.5. The highest BCUT2D eigenvalue weighted by Crippen LogP contribution is 2.29. The third-order valence-electron chi connectivity index (χ3n) is 10.5. The lowest BCUT2D eigenvalue weighted by Crippen LogP contribution is -2.57. The summed E-state index contributed by atoms with van der Waals surface area (Å²) in [6, 6.07) is 16.0. The van der Waals surface area contributed by atoms with Gasteiger partial charge in [-0.2, -0.15) is 4.31 Å². The molecule has 1 aliphatic heterocycles. The Bertz CT molecular complexity index is 2120. The van der Waals surface area contributed by atoms with E-state index in [0.717, 1.165) is 36.1 Å². The maximum atomic E-state index is 14.3. The fourth-order valence-electron chi connectivity index (χ4n) is 7.54. The van der Waals surface area contributed by atoms with E-state index in [1.165, 1.54) is 39.7 Å². The number of nitrogens with zero attached hydrogens (tertiary/aromatic N) is 7. The number of carbonyl (C=O) groups is 3. The number of amides is 4. The van der Waals surface area contributed by atoms with Gasteiger partial charge in [0.15, 0.2) is 5.65 Å². The van der Waals surface area contributed by atoms with Crippen molar-refractivity contribution in [1.82, 2.24) is 34.0 Å². The van der Waals surface area contributed by atoms with E-state index in [1.54, 1.807) is 43.8 Å². The second-order valence-corrected chi connectivity index (χ2v) is 16.6. The Morgan fingerprint density at radius 3 is 2.42 bits per heavy atom. The summed E-state index contributed by atoms with van der Waals surface area (Å²) < 4.78 is 31.3. The molecule has 1 unspecified atom stereocenters. The number of urea groups is 1. The normalized spacial score (nSPS) is 17.3. The van der Waals surface area contributed by atoms with Gasteiger partial charge < -0.3 is 25.1 Å². The van der Waals surface area contributed by atoms with Crippen LogP contribution in [0, 0.1) is 11.8 Å². The monoisotopic (exact) mass is 772 g/mol. The molecule has 4 amide bonds. The topological polar surface area (TPSA) is 191 Å². The number of hydrogen-bond acceptors (Lipinski definition) is 10. The number of pyridine rings is 1. The Balaban J connectivity index is 1.24. The van der Waals surface area contributed by atoms with Crippen LogP contribution in [0.2, 0.25) is 0 Å². The Kier molecular flexibility index (Phi) is 12.3. The molecular weight excluding hydrogens is 725 g/mol. The van der Waals surface area contributed by atoms with Gasteiger partial charge in [-0.25, -0.2) is 23.2 Å². The average molecular weight is 773 g/mol. The van der Waals surface area contributed by atoms with Crippen LogP contribution in [0.1, 0.15) is 56.5 Å². The Morgan fingerprint density at radius 2 is 1.76 bits per heavy atom. The van der Waals surface area contributed by atoms with Gasteiger partial charge in [0.25, 0.3) is 5.91 Å². The number of benzene rings is 2. The molecular formula is C39H48N8O7S. The summed E-state index contributed by atoms with van der Waals surface area (Å²) in [7, 11) is -2.35. The van der Waals surface area contributed by atoms with Gasteiger partial charge in [0.2, 0.25) is 15.9 Å². The number of aliphatic hydroxyl groups is 1. The van der Waals surface area contributed by atoms with Crippen LogP contribution in [0.15, 0.2) is 83.0 Å². The molecule has 3 atom stereocenters. The first-order valence-corrected chi connectivity index (χ1v) is 20.0. The first-order valence-electron chi connectivity index (χ1n) is 18.5. The molecule has 292 valence electrons. The number of aliphatic hydroxyl groups excluding tert-OH is 1. The number of oxime groups is 1. The van der Waals surface area contributed by atoms with Crippen LogP contribution in [-0.4, -0.2) is 109 Å². The van der Waals surface area contributed by atoms with E-state index >= 15 is 0 Å². The summed E-state index contributed by atoms with van der Waals surface area (Å²) in [5, 5.41) is 26.8. The minimum atomic E-state index is -4.10. The lowest BCUT2D eigenvalue weighted by Gasteiger charge is -2.34. The Labute approximate surface area is 320 Å². The van der Waals surface area contributed by atoms with Gasteiger partial charge in [-0.05, 0) is 66.5 Å². The van der Waals surface area contributed by atoms with Crippen LogP contribution in [0.3, 0.4) is 0 Å². The van der Waals surface area contributed by atoms with Crippen LogP contribution in [0.4, 0.5) is 4.79 Å². The quantitative estimate of drug-likeness (QED) is 0.0662. The number of imide groups is 1. The van der Waals surface area contributed by atoms with Crippen LogP contribution in [0.5, 0.6) is 0 Å². The van der Waals surface area contributed by atoms with Gasteiger partial charge in [-0.3, -0.25) is 14.5 Å². The molecule has 6 rings (SSSR count). The number of aryl methyl sites for hydroxylation is 1. The van der Waals surface area contributed by atoms with Crippen LogP contribution in [-0.2, 0) is 39.6 Å². The highest BCUT2D eigenvalue weighted by atomic mass is 32.2. The van der Waals surface area contributed by atoms with E-state index in [-0.39, 0.29) is 43.4 Å². The molecule has 55 heavy (non-hydrogen) atoms.